The van der Waals surface area contributed by atoms with Crippen LogP contribution in [-0.4, -0.2) is 10.8 Å². The molecular formula is C12H17NO. The summed E-state index contributed by atoms with van der Waals surface area (Å²) in [5.41, 5.74) is 0.448. The van der Waals surface area contributed by atoms with Gasteiger partial charge in [0.2, 0.25) is 0 Å². The molecule has 0 aliphatic rings. The number of hydrogen-bond donors (Lipinski definition) is 0. The third kappa shape index (κ3) is 2.41. The van der Waals surface area contributed by atoms with Crippen LogP contribution < -0.4 is 0 Å². The van der Waals surface area contributed by atoms with Gasteiger partial charge in [0.15, 0.2) is 5.78 Å². The molecule has 0 radical (unpaired) electrons. The summed E-state index contributed by atoms with van der Waals surface area (Å²) in [6.45, 7) is 6.08. The number of ketones is 1. The Kier molecular flexibility index (Phi) is 3.39. The first-order chi connectivity index (χ1) is 6.58. The zero-order valence-corrected chi connectivity index (χ0v) is 9.08. The minimum Gasteiger partial charge on any atom is -0.294 e. The molecule has 0 saturated heterocycles. The lowest BCUT2D eigenvalue weighted by Crippen LogP contribution is -2.24. The van der Waals surface area contributed by atoms with Crippen LogP contribution >= 0.6 is 0 Å². The molecule has 0 atom stereocenters. The molecule has 2 heteroatoms. The van der Waals surface area contributed by atoms with Crippen molar-refractivity contribution >= 4 is 5.78 Å². The molecule has 0 N–H and O–H groups in total. The summed E-state index contributed by atoms with van der Waals surface area (Å²) in [6, 6.07) is 3.63. The Hall–Kier alpha value is -1.18. The van der Waals surface area contributed by atoms with Gasteiger partial charge < -0.3 is 0 Å². The van der Waals surface area contributed by atoms with E-state index in [1.807, 2.05) is 19.9 Å². The summed E-state index contributed by atoms with van der Waals surface area (Å²) in [6.07, 6.45) is 5.27. The lowest BCUT2D eigenvalue weighted by molar-refractivity contribution is 0.0825. The van der Waals surface area contributed by atoms with E-state index in [1.54, 1.807) is 18.5 Å². The van der Waals surface area contributed by atoms with Gasteiger partial charge in [-0.2, -0.15) is 0 Å². The second-order valence-electron chi connectivity index (χ2n) is 4.20. The van der Waals surface area contributed by atoms with E-state index < -0.39 is 0 Å². The van der Waals surface area contributed by atoms with Crippen LogP contribution in [0.15, 0.2) is 24.5 Å². The first-order valence-electron chi connectivity index (χ1n) is 5.03. The molecule has 14 heavy (non-hydrogen) atoms. The monoisotopic (exact) mass is 191 g/mol. The second kappa shape index (κ2) is 4.36. The molecule has 0 fully saturated rings. The second-order valence-corrected chi connectivity index (χ2v) is 4.20. The summed E-state index contributed by atoms with van der Waals surface area (Å²) in [4.78, 5) is 16.0. The van der Waals surface area contributed by atoms with Crippen LogP contribution in [0.2, 0.25) is 0 Å². The van der Waals surface area contributed by atoms with E-state index in [0.29, 0.717) is 5.56 Å². The van der Waals surface area contributed by atoms with Gasteiger partial charge in [0, 0.05) is 23.4 Å². The van der Waals surface area contributed by atoms with Gasteiger partial charge in [-0.15, -0.1) is 0 Å². The van der Waals surface area contributed by atoms with Crippen molar-refractivity contribution in [3.8, 4) is 0 Å². The maximum absolute atomic E-state index is 12.0. The number of rotatable bonds is 4. The van der Waals surface area contributed by atoms with E-state index in [0.717, 1.165) is 12.8 Å². The Morgan fingerprint density at radius 2 is 2.21 bits per heavy atom. The molecule has 1 heterocycles. The summed E-state index contributed by atoms with van der Waals surface area (Å²) < 4.78 is 0. The summed E-state index contributed by atoms with van der Waals surface area (Å²) in [5, 5.41) is 0. The number of carbonyl (C=O) groups is 1. The number of carbonyl (C=O) groups excluding carboxylic acids is 1. The number of nitrogens with zero attached hydrogens (tertiary/aromatic N) is 1. The standard InChI is InChI=1S/C12H17NO/c1-4-7-12(2,3)11(14)10-6-5-8-13-9-10/h5-6,8-9H,4,7H2,1-3H3. The Morgan fingerprint density at radius 1 is 1.50 bits per heavy atom. The highest BCUT2D eigenvalue weighted by Gasteiger charge is 2.27. The highest BCUT2D eigenvalue weighted by Crippen LogP contribution is 2.26. The quantitative estimate of drug-likeness (QED) is 0.684. The minimum absolute atomic E-state index is 0.187. The lowest BCUT2D eigenvalue weighted by Gasteiger charge is -2.21. The fourth-order valence-corrected chi connectivity index (χ4v) is 1.63. The third-order valence-electron chi connectivity index (χ3n) is 2.41. The molecule has 76 valence electrons. The molecule has 0 aliphatic heterocycles. The van der Waals surface area contributed by atoms with Gasteiger partial charge in [-0.25, -0.2) is 0 Å². The van der Waals surface area contributed by atoms with Crippen molar-refractivity contribution in [1.29, 1.82) is 0 Å². The highest BCUT2D eigenvalue weighted by atomic mass is 16.1. The van der Waals surface area contributed by atoms with Crippen LogP contribution in [0.25, 0.3) is 0 Å². The molecule has 1 rings (SSSR count). The Balaban J connectivity index is 2.85. The number of pyridine rings is 1. The zero-order chi connectivity index (χ0) is 10.6. The predicted octanol–water partition coefficient (Wildman–Crippen LogP) is 3.09. The SMILES string of the molecule is CCCC(C)(C)C(=O)c1cccnc1. The van der Waals surface area contributed by atoms with E-state index in [1.165, 1.54) is 0 Å². The van der Waals surface area contributed by atoms with E-state index in [4.69, 9.17) is 0 Å². The average molecular weight is 191 g/mol. The first-order valence-corrected chi connectivity index (χ1v) is 5.03. The van der Waals surface area contributed by atoms with Gasteiger partial charge >= 0.3 is 0 Å². The van der Waals surface area contributed by atoms with Crippen molar-refractivity contribution in [2.75, 3.05) is 0 Å². The summed E-state index contributed by atoms with van der Waals surface area (Å²) in [7, 11) is 0. The maximum atomic E-state index is 12.0. The Bertz CT molecular complexity index is 303. The van der Waals surface area contributed by atoms with E-state index in [9.17, 15) is 4.79 Å². The van der Waals surface area contributed by atoms with Gasteiger partial charge in [-0.1, -0.05) is 27.2 Å². The molecule has 1 aromatic heterocycles. The van der Waals surface area contributed by atoms with Crippen LogP contribution in [0.4, 0.5) is 0 Å². The van der Waals surface area contributed by atoms with Crippen LogP contribution in [0.5, 0.6) is 0 Å². The smallest absolute Gasteiger partial charge is 0.169 e. The average Bonchev–Trinajstić information content (AvgIpc) is 2.18. The molecule has 0 aliphatic carbocycles. The minimum atomic E-state index is -0.266. The van der Waals surface area contributed by atoms with Gasteiger partial charge in [0.25, 0.3) is 0 Å². The highest BCUT2D eigenvalue weighted by molar-refractivity contribution is 5.99. The Morgan fingerprint density at radius 3 is 2.71 bits per heavy atom. The number of Topliss-reactive ketones (excluding diaryl/α,β-unsaturated/α-hetero) is 1. The van der Waals surface area contributed by atoms with Crippen LogP contribution in [0.3, 0.4) is 0 Å². The lowest BCUT2D eigenvalue weighted by atomic mass is 9.81. The fourth-order valence-electron chi connectivity index (χ4n) is 1.63. The molecule has 1 aromatic rings. The van der Waals surface area contributed by atoms with Crippen molar-refractivity contribution in [2.45, 2.75) is 33.6 Å². The van der Waals surface area contributed by atoms with Crippen molar-refractivity contribution < 1.29 is 4.79 Å². The van der Waals surface area contributed by atoms with E-state index >= 15 is 0 Å². The van der Waals surface area contributed by atoms with Gasteiger partial charge in [0.05, 0.1) is 0 Å². The van der Waals surface area contributed by atoms with E-state index in [2.05, 4.69) is 11.9 Å². The molecule has 0 spiro atoms. The summed E-state index contributed by atoms with van der Waals surface area (Å²) in [5.74, 6) is 0.187. The fraction of sp³-hybridized carbons (Fsp3) is 0.500. The molecule has 0 unspecified atom stereocenters. The normalized spacial score (nSPS) is 11.4. The van der Waals surface area contributed by atoms with Crippen LogP contribution in [-0.2, 0) is 0 Å². The molecule has 0 amide bonds. The molecular weight excluding hydrogens is 174 g/mol. The van der Waals surface area contributed by atoms with Crippen molar-refractivity contribution in [3.05, 3.63) is 30.1 Å². The predicted molar refractivity (Wildman–Crippen MR) is 57.3 cm³/mol. The van der Waals surface area contributed by atoms with Crippen molar-refractivity contribution in [1.82, 2.24) is 4.98 Å². The largest absolute Gasteiger partial charge is 0.294 e. The Labute approximate surface area is 85.4 Å². The molecule has 0 bridgehead atoms. The third-order valence-corrected chi connectivity index (χ3v) is 2.41. The van der Waals surface area contributed by atoms with Gasteiger partial charge in [-0.05, 0) is 18.6 Å². The molecule has 2 nitrogen and oxygen atoms in total. The van der Waals surface area contributed by atoms with Gasteiger partial charge in [-0.3, -0.25) is 9.78 Å². The number of hydrogen-bond acceptors (Lipinski definition) is 2. The summed E-state index contributed by atoms with van der Waals surface area (Å²) >= 11 is 0. The molecule has 0 saturated carbocycles. The maximum Gasteiger partial charge on any atom is 0.169 e. The van der Waals surface area contributed by atoms with Gasteiger partial charge in [0.1, 0.15) is 0 Å². The first kappa shape index (κ1) is 10.9. The number of aromatic nitrogens is 1. The van der Waals surface area contributed by atoms with E-state index in [-0.39, 0.29) is 11.2 Å². The molecule has 0 aromatic carbocycles. The zero-order valence-electron chi connectivity index (χ0n) is 9.08. The van der Waals surface area contributed by atoms with Crippen molar-refractivity contribution in [2.24, 2.45) is 5.41 Å². The van der Waals surface area contributed by atoms with Crippen molar-refractivity contribution in [3.63, 3.8) is 0 Å². The van der Waals surface area contributed by atoms with Crippen LogP contribution in [0.1, 0.15) is 44.0 Å². The topological polar surface area (TPSA) is 30.0 Å². The van der Waals surface area contributed by atoms with Crippen LogP contribution in [0, 0.1) is 5.41 Å².